The Hall–Kier alpha value is -0.790. The normalized spacial score (nSPS) is 27.8. The number of allylic oxidation sites excluding steroid dienone is 1. The highest BCUT2D eigenvalue weighted by molar-refractivity contribution is 5.69. The minimum atomic E-state index is -0.0297. The minimum Gasteiger partial charge on any atom is -0.462 e. The second-order valence-corrected chi connectivity index (χ2v) is 4.67. The Morgan fingerprint density at radius 1 is 1.06 bits per heavy atom. The lowest BCUT2D eigenvalue weighted by molar-refractivity contribution is -0.148. The predicted molar refractivity (Wildman–Crippen MR) is 66.2 cm³/mol. The van der Waals surface area contributed by atoms with Gasteiger partial charge in [-0.2, -0.15) is 0 Å². The Bertz CT molecular complexity index is 221. The van der Waals surface area contributed by atoms with Crippen LogP contribution in [0.25, 0.3) is 0 Å². The molecular formula is C14H24O2. The number of hydrogen-bond acceptors (Lipinski definition) is 2. The molecule has 0 fully saturated rings. The van der Waals surface area contributed by atoms with Gasteiger partial charge < -0.3 is 4.74 Å². The highest BCUT2D eigenvalue weighted by Gasteiger charge is 2.07. The summed E-state index contributed by atoms with van der Waals surface area (Å²) < 4.78 is 5.30. The second kappa shape index (κ2) is 8.37. The zero-order chi connectivity index (χ0) is 11.6. The van der Waals surface area contributed by atoms with Crippen molar-refractivity contribution in [1.82, 2.24) is 0 Å². The smallest absolute Gasteiger partial charge is 0.306 e. The van der Waals surface area contributed by atoms with E-state index in [0.717, 1.165) is 12.8 Å². The first-order valence-electron chi connectivity index (χ1n) is 6.63. The van der Waals surface area contributed by atoms with Gasteiger partial charge in [-0.1, -0.05) is 37.8 Å². The first-order valence-corrected chi connectivity index (χ1v) is 6.63. The first kappa shape index (κ1) is 13.3. The van der Waals surface area contributed by atoms with Gasteiger partial charge in [-0.05, 0) is 26.2 Å². The molecule has 1 atom stereocenters. The van der Waals surface area contributed by atoms with Gasteiger partial charge in [0.25, 0.3) is 0 Å². The van der Waals surface area contributed by atoms with Crippen molar-refractivity contribution in [2.75, 3.05) is 0 Å². The number of cyclic esters (lactones) is 1. The van der Waals surface area contributed by atoms with Gasteiger partial charge in [-0.15, -0.1) is 0 Å². The predicted octanol–water partition coefficient (Wildman–Crippen LogP) is 4.00. The SMILES string of the molecule is CC1C/C=C\CCCCCCCCC(=O)O1. The van der Waals surface area contributed by atoms with Crippen molar-refractivity contribution >= 4 is 5.97 Å². The van der Waals surface area contributed by atoms with E-state index in [0.29, 0.717) is 6.42 Å². The van der Waals surface area contributed by atoms with Gasteiger partial charge in [0.1, 0.15) is 6.10 Å². The monoisotopic (exact) mass is 224 g/mol. The number of carbonyl (C=O) groups excluding carboxylic acids is 1. The van der Waals surface area contributed by atoms with Crippen LogP contribution in [0.4, 0.5) is 0 Å². The lowest BCUT2D eigenvalue weighted by Gasteiger charge is -2.11. The van der Waals surface area contributed by atoms with Crippen molar-refractivity contribution < 1.29 is 9.53 Å². The van der Waals surface area contributed by atoms with Crippen molar-refractivity contribution in [2.45, 2.75) is 70.8 Å². The molecule has 1 unspecified atom stereocenters. The quantitative estimate of drug-likeness (QED) is 0.459. The molecule has 2 heteroatoms. The fourth-order valence-electron chi connectivity index (χ4n) is 1.98. The molecule has 0 spiro atoms. The molecule has 1 aliphatic heterocycles. The standard InChI is InChI=1S/C14H24O2/c1-13-11-9-7-5-3-2-4-6-8-10-12-14(15)16-13/h7,9,13H,2-6,8,10-12H2,1H3/b9-7-. The third-order valence-corrected chi connectivity index (χ3v) is 2.97. The zero-order valence-corrected chi connectivity index (χ0v) is 10.4. The molecule has 0 saturated heterocycles. The van der Waals surface area contributed by atoms with E-state index in [2.05, 4.69) is 12.2 Å². The first-order chi connectivity index (χ1) is 7.79. The molecule has 92 valence electrons. The summed E-state index contributed by atoms with van der Waals surface area (Å²) in [4.78, 5) is 11.4. The fourth-order valence-corrected chi connectivity index (χ4v) is 1.98. The van der Waals surface area contributed by atoms with Crippen LogP contribution in [0, 0.1) is 0 Å². The van der Waals surface area contributed by atoms with Gasteiger partial charge in [-0.25, -0.2) is 0 Å². The van der Waals surface area contributed by atoms with Crippen LogP contribution in [0.2, 0.25) is 0 Å². The maximum atomic E-state index is 11.4. The van der Waals surface area contributed by atoms with Crippen LogP contribution in [-0.2, 0) is 9.53 Å². The number of carbonyl (C=O) groups is 1. The van der Waals surface area contributed by atoms with E-state index < -0.39 is 0 Å². The largest absolute Gasteiger partial charge is 0.462 e. The average molecular weight is 224 g/mol. The molecule has 1 rings (SSSR count). The van der Waals surface area contributed by atoms with Crippen molar-refractivity contribution in [3.8, 4) is 0 Å². The molecule has 1 heterocycles. The Morgan fingerprint density at radius 2 is 1.75 bits per heavy atom. The summed E-state index contributed by atoms with van der Waals surface area (Å²) >= 11 is 0. The van der Waals surface area contributed by atoms with E-state index in [9.17, 15) is 4.79 Å². The number of ether oxygens (including phenoxy) is 1. The van der Waals surface area contributed by atoms with Crippen LogP contribution < -0.4 is 0 Å². The summed E-state index contributed by atoms with van der Waals surface area (Å²) in [6.45, 7) is 1.97. The van der Waals surface area contributed by atoms with Crippen LogP contribution in [0.3, 0.4) is 0 Å². The van der Waals surface area contributed by atoms with Gasteiger partial charge >= 0.3 is 5.97 Å². The second-order valence-electron chi connectivity index (χ2n) is 4.67. The molecule has 0 aliphatic carbocycles. The molecule has 0 aromatic rings. The van der Waals surface area contributed by atoms with Gasteiger partial charge in [0.05, 0.1) is 0 Å². The van der Waals surface area contributed by atoms with E-state index >= 15 is 0 Å². The third-order valence-electron chi connectivity index (χ3n) is 2.97. The van der Waals surface area contributed by atoms with Crippen LogP contribution >= 0.6 is 0 Å². The van der Waals surface area contributed by atoms with Gasteiger partial charge in [-0.3, -0.25) is 4.79 Å². The summed E-state index contributed by atoms with van der Waals surface area (Å²) in [5.74, 6) is -0.0297. The van der Waals surface area contributed by atoms with Crippen molar-refractivity contribution in [3.63, 3.8) is 0 Å². The number of rotatable bonds is 0. The van der Waals surface area contributed by atoms with E-state index in [1.165, 1.54) is 38.5 Å². The maximum absolute atomic E-state index is 11.4. The molecule has 0 aromatic heterocycles. The molecule has 1 aliphatic rings. The minimum absolute atomic E-state index is 0.0297. The molecule has 16 heavy (non-hydrogen) atoms. The number of hydrogen-bond donors (Lipinski definition) is 0. The van der Waals surface area contributed by atoms with Gasteiger partial charge in [0.15, 0.2) is 0 Å². The van der Waals surface area contributed by atoms with Crippen LogP contribution in [0.5, 0.6) is 0 Å². The zero-order valence-electron chi connectivity index (χ0n) is 10.4. The van der Waals surface area contributed by atoms with E-state index in [-0.39, 0.29) is 12.1 Å². The Kier molecular flexibility index (Phi) is 6.95. The third kappa shape index (κ3) is 6.65. The summed E-state index contributed by atoms with van der Waals surface area (Å²) in [5, 5.41) is 0. The Balaban J connectivity index is 2.33. The van der Waals surface area contributed by atoms with Gasteiger partial charge in [0.2, 0.25) is 0 Å². The van der Waals surface area contributed by atoms with Crippen molar-refractivity contribution in [2.24, 2.45) is 0 Å². The highest BCUT2D eigenvalue weighted by Crippen LogP contribution is 2.11. The molecule has 0 N–H and O–H groups in total. The average Bonchev–Trinajstić information content (AvgIpc) is 2.25. The topological polar surface area (TPSA) is 26.3 Å². The van der Waals surface area contributed by atoms with E-state index in [1.54, 1.807) is 0 Å². The van der Waals surface area contributed by atoms with Crippen LogP contribution in [0.1, 0.15) is 64.7 Å². The number of esters is 1. The van der Waals surface area contributed by atoms with Crippen LogP contribution in [-0.4, -0.2) is 12.1 Å². The molecule has 0 saturated carbocycles. The highest BCUT2D eigenvalue weighted by atomic mass is 16.5. The Morgan fingerprint density at radius 3 is 2.56 bits per heavy atom. The van der Waals surface area contributed by atoms with Crippen LogP contribution in [0.15, 0.2) is 12.2 Å². The maximum Gasteiger partial charge on any atom is 0.306 e. The van der Waals surface area contributed by atoms with Crippen molar-refractivity contribution in [1.29, 1.82) is 0 Å². The molecular weight excluding hydrogens is 200 g/mol. The van der Waals surface area contributed by atoms with E-state index in [4.69, 9.17) is 4.74 Å². The van der Waals surface area contributed by atoms with Crippen molar-refractivity contribution in [3.05, 3.63) is 12.2 Å². The summed E-state index contributed by atoms with van der Waals surface area (Å²) in [7, 11) is 0. The fraction of sp³-hybridized carbons (Fsp3) is 0.786. The molecule has 0 bridgehead atoms. The molecule has 2 nitrogen and oxygen atoms in total. The molecule has 0 aromatic carbocycles. The molecule has 0 radical (unpaired) electrons. The summed E-state index contributed by atoms with van der Waals surface area (Å²) in [6, 6.07) is 0. The lowest BCUT2D eigenvalue weighted by atomic mass is 10.1. The molecule has 0 amide bonds. The summed E-state index contributed by atoms with van der Waals surface area (Å²) in [5.41, 5.74) is 0. The lowest BCUT2D eigenvalue weighted by Crippen LogP contribution is -2.13. The van der Waals surface area contributed by atoms with Gasteiger partial charge in [0, 0.05) is 12.8 Å². The summed E-state index contributed by atoms with van der Waals surface area (Å²) in [6.07, 6.45) is 14.3. The van der Waals surface area contributed by atoms with E-state index in [1.807, 2.05) is 6.92 Å². The Labute approximate surface area is 99.1 Å².